The maximum absolute atomic E-state index is 12.5. The number of hydrogen-bond acceptors (Lipinski definition) is 5. The van der Waals surface area contributed by atoms with Crippen LogP contribution in [0.25, 0.3) is 0 Å². The van der Waals surface area contributed by atoms with Crippen LogP contribution in [-0.2, 0) is 9.53 Å². The normalized spacial score (nSPS) is 17.3. The molecule has 0 aliphatic carbocycles. The summed E-state index contributed by atoms with van der Waals surface area (Å²) in [5.74, 6) is 0.874. The number of nitrogens with one attached hydrogen (secondary N) is 2. The van der Waals surface area contributed by atoms with Crippen LogP contribution in [0.4, 0.5) is 4.79 Å². The molecule has 23 heavy (non-hydrogen) atoms. The van der Waals surface area contributed by atoms with Crippen LogP contribution in [0.15, 0.2) is 35.5 Å². The Morgan fingerprint density at radius 2 is 2.09 bits per heavy atom. The van der Waals surface area contributed by atoms with E-state index in [0.29, 0.717) is 29.2 Å². The zero-order chi connectivity index (χ0) is 16.8. The van der Waals surface area contributed by atoms with Crippen molar-refractivity contribution in [3.05, 3.63) is 41.1 Å². The molecule has 0 aromatic heterocycles. The molecule has 0 unspecified atom stereocenters. The van der Waals surface area contributed by atoms with Gasteiger partial charge < -0.3 is 20.1 Å². The fourth-order valence-electron chi connectivity index (χ4n) is 2.40. The molecule has 0 fully saturated rings. The fourth-order valence-corrected chi connectivity index (χ4v) is 2.65. The van der Waals surface area contributed by atoms with Crippen molar-refractivity contribution in [2.24, 2.45) is 0 Å². The minimum absolute atomic E-state index is 0.323. The molecule has 7 heteroatoms. The van der Waals surface area contributed by atoms with Crippen LogP contribution in [0.3, 0.4) is 0 Å². The molecule has 1 atom stereocenters. The second-order valence-electron chi connectivity index (χ2n) is 4.94. The highest BCUT2D eigenvalue weighted by atomic mass is 32.2. The van der Waals surface area contributed by atoms with Gasteiger partial charge in [-0.3, -0.25) is 0 Å². The molecule has 1 aromatic rings. The Bertz CT molecular complexity index is 630. The standard InChI is InChI=1S/C16H20N2O4S/c1-10-13(15(19)22-8-9-23-3)14(18-16(20)17-10)11-6-4-5-7-12(11)21-2/h4-7,14H,8-9H2,1-3H3,(H2,17,18,20)/t14-/m1/s1. The van der Waals surface area contributed by atoms with Gasteiger partial charge in [-0.2, -0.15) is 11.8 Å². The third kappa shape index (κ3) is 3.98. The van der Waals surface area contributed by atoms with Gasteiger partial charge in [0, 0.05) is 17.0 Å². The Labute approximate surface area is 139 Å². The molecule has 2 amide bonds. The lowest BCUT2D eigenvalue weighted by Gasteiger charge is -2.29. The van der Waals surface area contributed by atoms with Gasteiger partial charge in [0.2, 0.25) is 0 Å². The summed E-state index contributed by atoms with van der Waals surface area (Å²) in [6.45, 7) is 2.01. The van der Waals surface area contributed by atoms with E-state index in [1.807, 2.05) is 24.5 Å². The third-order valence-electron chi connectivity index (χ3n) is 3.46. The van der Waals surface area contributed by atoms with E-state index in [9.17, 15) is 9.59 Å². The molecular weight excluding hydrogens is 316 g/mol. The molecule has 1 heterocycles. The number of hydrogen-bond donors (Lipinski definition) is 2. The van der Waals surface area contributed by atoms with Gasteiger partial charge in [0.05, 0.1) is 18.7 Å². The van der Waals surface area contributed by atoms with Crippen LogP contribution in [-0.4, -0.2) is 37.7 Å². The van der Waals surface area contributed by atoms with Gasteiger partial charge in [-0.15, -0.1) is 0 Å². The number of carbonyl (C=O) groups excluding carboxylic acids is 2. The monoisotopic (exact) mass is 336 g/mol. The highest BCUT2D eigenvalue weighted by molar-refractivity contribution is 7.98. The second kappa shape index (κ2) is 7.92. The number of esters is 1. The van der Waals surface area contributed by atoms with Crippen LogP contribution < -0.4 is 15.4 Å². The molecule has 1 aliphatic heterocycles. The lowest BCUT2D eigenvalue weighted by atomic mass is 9.95. The molecule has 0 spiro atoms. The van der Waals surface area contributed by atoms with Crippen LogP contribution in [0.1, 0.15) is 18.5 Å². The maximum atomic E-state index is 12.5. The van der Waals surface area contributed by atoms with Crippen LogP contribution in [0, 0.1) is 0 Å². The predicted molar refractivity (Wildman–Crippen MR) is 89.4 cm³/mol. The summed E-state index contributed by atoms with van der Waals surface area (Å²) in [7, 11) is 1.55. The Balaban J connectivity index is 2.36. The summed E-state index contributed by atoms with van der Waals surface area (Å²) < 4.78 is 10.6. The Morgan fingerprint density at radius 3 is 2.78 bits per heavy atom. The van der Waals surface area contributed by atoms with Crippen LogP contribution in [0.5, 0.6) is 5.75 Å². The third-order valence-corrected chi connectivity index (χ3v) is 4.03. The van der Waals surface area contributed by atoms with Crippen molar-refractivity contribution in [3.63, 3.8) is 0 Å². The molecule has 1 aliphatic rings. The Hall–Kier alpha value is -2.15. The van der Waals surface area contributed by atoms with E-state index in [-0.39, 0.29) is 6.03 Å². The number of carbonyl (C=O) groups is 2. The number of allylic oxidation sites excluding steroid dienone is 1. The zero-order valence-corrected chi connectivity index (χ0v) is 14.2. The van der Waals surface area contributed by atoms with E-state index in [4.69, 9.17) is 9.47 Å². The molecule has 6 nitrogen and oxygen atoms in total. The molecule has 0 saturated carbocycles. The van der Waals surface area contributed by atoms with Crippen molar-refractivity contribution in [2.75, 3.05) is 25.7 Å². The van der Waals surface area contributed by atoms with E-state index >= 15 is 0 Å². The molecule has 0 saturated heterocycles. The summed E-state index contributed by atoms with van der Waals surface area (Å²) >= 11 is 1.60. The molecule has 124 valence electrons. The predicted octanol–water partition coefficient (Wildman–Crippen LogP) is 2.23. The highest BCUT2D eigenvalue weighted by Gasteiger charge is 2.33. The average molecular weight is 336 g/mol. The van der Waals surface area contributed by atoms with E-state index in [2.05, 4.69) is 10.6 Å². The summed E-state index contributed by atoms with van der Waals surface area (Å²) in [6.07, 6.45) is 1.94. The van der Waals surface area contributed by atoms with Crippen molar-refractivity contribution < 1.29 is 19.1 Å². The Kier molecular flexibility index (Phi) is 5.92. The lowest BCUT2D eigenvalue weighted by Crippen LogP contribution is -2.45. The van der Waals surface area contributed by atoms with Crippen molar-refractivity contribution in [1.29, 1.82) is 0 Å². The number of methoxy groups -OCH3 is 1. The summed E-state index contributed by atoms with van der Waals surface area (Å²) in [6, 6.07) is 6.30. The number of rotatable bonds is 6. The van der Waals surface area contributed by atoms with Gasteiger partial charge in [-0.1, -0.05) is 18.2 Å². The van der Waals surface area contributed by atoms with Crippen molar-refractivity contribution in [3.8, 4) is 5.75 Å². The maximum Gasteiger partial charge on any atom is 0.338 e. The number of amides is 2. The highest BCUT2D eigenvalue weighted by Crippen LogP contribution is 2.33. The molecule has 2 N–H and O–H groups in total. The number of ether oxygens (including phenoxy) is 2. The smallest absolute Gasteiger partial charge is 0.338 e. The second-order valence-corrected chi connectivity index (χ2v) is 5.93. The van der Waals surface area contributed by atoms with E-state index < -0.39 is 12.0 Å². The Morgan fingerprint density at radius 1 is 1.35 bits per heavy atom. The van der Waals surface area contributed by atoms with Gasteiger partial charge in [-0.05, 0) is 19.2 Å². The summed E-state index contributed by atoms with van der Waals surface area (Å²) in [5.41, 5.74) is 1.58. The van der Waals surface area contributed by atoms with Gasteiger partial charge in [0.1, 0.15) is 12.4 Å². The lowest BCUT2D eigenvalue weighted by molar-refractivity contribution is -0.138. The molecule has 2 rings (SSSR count). The first-order chi connectivity index (χ1) is 11.1. The fraction of sp³-hybridized carbons (Fsp3) is 0.375. The number of urea groups is 1. The van der Waals surface area contributed by atoms with Crippen molar-refractivity contribution in [1.82, 2.24) is 10.6 Å². The minimum atomic E-state index is -0.610. The largest absolute Gasteiger partial charge is 0.496 e. The van der Waals surface area contributed by atoms with Crippen LogP contribution >= 0.6 is 11.8 Å². The quantitative estimate of drug-likeness (QED) is 0.615. The molecule has 1 aromatic carbocycles. The molecule has 0 bridgehead atoms. The van der Waals surface area contributed by atoms with E-state index in [1.165, 1.54) is 0 Å². The average Bonchev–Trinajstić information content (AvgIpc) is 2.54. The first-order valence-electron chi connectivity index (χ1n) is 7.15. The first kappa shape index (κ1) is 17.2. The minimum Gasteiger partial charge on any atom is -0.496 e. The summed E-state index contributed by atoms with van der Waals surface area (Å²) in [5, 5.41) is 5.39. The van der Waals surface area contributed by atoms with E-state index in [0.717, 1.165) is 5.75 Å². The van der Waals surface area contributed by atoms with Gasteiger partial charge in [-0.25, -0.2) is 9.59 Å². The zero-order valence-electron chi connectivity index (χ0n) is 13.3. The topological polar surface area (TPSA) is 76.7 Å². The number of thioether (sulfide) groups is 1. The molecule has 0 radical (unpaired) electrons. The van der Waals surface area contributed by atoms with Gasteiger partial charge in [0.15, 0.2) is 0 Å². The van der Waals surface area contributed by atoms with Crippen molar-refractivity contribution in [2.45, 2.75) is 13.0 Å². The summed E-state index contributed by atoms with van der Waals surface area (Å²) in [4.78, 5) is 24.3. The first-order valence-corrected chi connectivity index (χ1v) is 8.55. The molecular formula is C16H20N2O4S. The van der Waals surface area contributed by atoms with E-state index in [1.54, 1.807) is 31.9 Å². The van der Waals surface area contributed by atoms with Gasteiger partial charge in [0.25, 0.3) is 0 Å². The number of para-hydroxylation sites is 1. The SMILES string of the molecule is COc1ccccc1[C@H]1NC(=O)NC(C)=C1C(=O)OCCSC. The number of benzene rings is 1. The van der Waals surface area contributed by atoms with Gasteiger partial charge >= 0.3 is 12.0 Å². The van der Waals surface area contributed by atoms with Crippen molar-refractivity contribution >= 4 is 23.8 Å². The van der Waals surface area contributed by atoms with Crippen LogP contribution in [0.2, 0.25) is 0 Å².